The third-order valence-electron chi connectivity index (χ3n) is 4.36. The largest absolute Gasteiger partial charge is 0.410 e. The van der Waals surface area contributed by atoms with Crippen LogP contribution in [0.25, 0.3) is 0 Å². The smallest absolute Gasteiger partial charge is 0.362 e. The van der Waals surface area contributed by atoms with Crippen molar-refractivity contribution in [1.29, 1.82) is 0 Å². The Morgan fingerprint density at radius 1 is 1.56 bits per heavy atom. The molecule has 0 spiro atoms. The first kappa shape index (κ1) is 17.8. The Labute approximate surface area is 147 Å². The first-order valence-corrected chi connectivity index (χ1v) is 8.94. The molecule has 2 aromatic heterocycles. The molecule has 3 rings (SSSR count). The van der Waals surface area contributed by atoms with Crippen molar-refractivity contribution >= 4 is 23.1 Å². The molecule has 0 saturated carbocycles. The average Bonchev–Trinajstić information content (AvgIpc) is 3.22. The number of nitrogens with zero attached hydrogens (tertiary/aromatic N) is 2. The fourth-order valence-electron chi connectivity index (χ4n) is 2.81. The van der Waals surface area contributed by atoms with Crippen LogP contribution >= 0.6 is 11.3 Å². The molecular weight excluding hydrogens is 353 g/mol. The van der Waals surface area contributed by atoms with Crippen molar-refractivity contribution < 1.29 is 18.0 Å². The number of fused-ring (bicyclic) bond motifs is 1. The highest BCUT2D eigenvalue weighted by Crippen LogP contribution is 2.44. The second kappa shape index (κ2) is 6.70. The minimum atomic E-state index is -4.44. The lowest BCUT2D eigenvalue weighted by atomic mass is 10.0. The highest BCUT2D eigenvalue weighted by atomic mass is 32.1. The summed E-state index contributed by atoms with van der Waals surface area (Å²) in [4.78, 5) is 13.2. The third kappa shape index (κ3) is 3.51. The molecule has 25 heavy (non-hydrogen) atoms. The van der Waals surface area contributed by atoms with Gasteiger partial charge in [0.15, 0.2) is 6.04 Å². The lowest BCUT2D eigenvalue weighted by Crippen LogP contribution is -2.37. The fourth-order valence-corrected chi connectivity index (χ4v) is 3.60. The van der Waals surface area contributed by atoms with Crippen LogP contribution < -0.4 is 10.6 Å². The molecule has 1 amide bonds. The van der Waals surface area contributed by atoms with Crippen LogP contribution in [0.3, 0.4) is 0 Å². The van der Waals surface area contributed by atoms with E-state index in [9.17, 15) is 18.0 Å². The Kier molecular flexibility index (Phi) is 4.77. The molecule has 1 aliphatic rings. The van der Waals surface area contributed by atoms with Gasteiger partial charge in [-0.25, -0.2) is 4.68 Å². The zero-order valence-corrected chi connectivity index (χ0v) is 14.6. The third-order valence-corrected chi connectivity index (χ3v) is 5.35. The molecule has 9 heteroatoms. The zero-order valence-electron chi connectivity index (χ0n) is 13.8. The lowest BCUT2D eigenvalue weighted by Gasteiger charge is -2.33. The van der Waals surface area contributed by atoms with Crippen molar-refractivity contribution in [2.45, 2.75) is 51.0 Å². The van der Waals surface area contributed by atoms with Gasteiger partial charge in [-0.2, -0.15) is 18.3 Å². The van der Waals surface area contributed by atoms with E-state index >= 15 is 0 Å². The van der Waals surface area contributed by atoms with Gasteiger partial charge in [0.1, 0.15) is 11.4 Å². The summed E-state index contributed by atoms with van der Waals surface area (Å²) in [6.07, 6.45) is -2.67. The number of carbonyl (C=O) groups is 1. The highest BCUT2D eigenvalue weighted by molar-refractivity contribution is 7.10. The van der Waals surface area contributed by atoms with Gasteiger partial charge < -0.3 is 10.6 Å². The molecule has 1 aliphatic heterocycles. The van der Waals surface area contributed by atoms with E-state index in [-0.39, 0.29) is 23.8 Å². The van der Waals surface area contributed by atoms with Crippen molar-refractivity contribution in [3.8, 4) is 0 Å². The molecule has 3 heterocycles. The molecule has 0 fully saturated rings. The maximum atomic E-state index is 13.5. The number of anilines is 1. The van der Waals surface area contributed by atoms with Crippen molar-refractivity contribution in [3.05, 3.63) is 34.2 Å². The van der Waals surface area contributed by atoms with E-state index in [1.807, 2.05) is 19.2 Å². The molecule has 0 unspecified atom stereocenters. The van der Waals surface area contributed by atoms with Gasteiger partial charge in [-0.05, 0) is 24.8 Å². The topological polar surface area (TPSA) is 59.0 Å². The number of aromatic nitrogens is 2. The summed E-state index contributed by atoms with van der Waals surface area (Å²) in [6.45, 7) is 3.76. The van der Waals surface area contributed by atoms with Crippen molar-refractivity contribution in [2.75, 3.05) is 5.32 Å². The van der Waals surface area contributed by atoms with Gasteiger partial charge in [0.05, 0.1) is 12.2 Å². The number of nitrogens with one attached hydrogen (secondary N) is 2. The van der Waals surface area contributed by atoms with Gasteiger partial charge in [0.2, 0.25) is 0 Å². The number of rotatable bonds is 4. The van der Waals surface area contributed by atoms with Gasteiger partial charge in [0, 0.05) is 17.3 Å². The summed E-state index contributed by atoms with van der Waals surface area (Å²) in [6, 6.07) is 1.25. The number of alkyl halides is 3. The average molecular weight is 372 g/mol. The van der Waals surface area contributed by atoms with Gasteiger partial charge >= 0.3 is 6.18 Å². The van der Waals surface area contributed by atoms with Crippen molar-refractivity contribution in [1.82, 2.24) is 15.1 Å². The number of hydrogen-bond acceptors (Lipinski definition) is 4. The second-order valence-corrected chi connectivity index (χ2v) is 7.12. The van der Waals surface area contributed by atoms with E-state index in [1.165, 1.54) is 17.5 Å². The molecular formula is C16H19F3N4OS. The van der Waals surface area contributed by atoms with Crippen LogP contribution in [0.1, 0.15) is 54.0 Å². The van der Waals surface area contributed by atoms with Crippen LogP contribution in [0, 0.1) is 0 Å². The number of halogens is 3. The first-order valence-electron chi connectivity index (χ1n) is 8.06. The molecule has 136 valence electrons. The highest BCUT2D eigenvalue weighted by Gasteiger charge is 2.47. The standard InChI is InChI=1S/C16H19F3N4OS/c1-3-9(2)21-15(24)10-8-20-23-13(16(17,18)19)7-11(22-14(10)23)12-5-4-6-25-12/h4-6,8-9,11,13,22H,3,7H2,1-2H3,(H,21,24)/t9-,11-,13-/m0/s1. The summed E-state index contributed by atoms with van der Waals surface area (Å²) in [7, 11) is 0. The van der Waals surface area contributed by atoms with E-state index in [4.69, 9.17) is 0 Å². The lowest BCUT2D eigenvalue weighted by molar-refractivity contribution is -0.173. The first-order chi connectivity index (χ1) is 11.8. The Balaban J connectivity index is 1.97. The summed E-state index contributed by atoms with van der Waals surface area (Å²) >= 11 is 1.39. The minimum absolute atomic E-state index is 0.0712. The molecule has 3 atom stereocenters. The number of hydrogen-bond donors (Lipinski definition) is 2. The van der Waals surface area contributed by atoms with Crippen LogP contribution in [-0.4, -0.2) is 27.9 Å². The van der Waals surface area contributed by atoms with Gasteiger partial charge in [-0.1, -0.05) is 13.0 Å². The normalized spacial score (nSPS) is 21.3. The van der Waals surface area contributed by atoms with Gasteiger partial charge in [-0.15, -0.1) is 11.3 Å². The van der Waals surface area contributed by atoms with E-state index in [0.29, 0.717) is 0 Å². The minimum Gasteiger partial charge on any atom is -0.362 e. The van der Waals surface area contributed by atoms with Crippen LogP contribution in [0.15, 0.2) is 23.7 Å². The van der Waals surface area contributed by atoms with Gasteiger partial charge in [-0.3, -0.25) is 4.79 Å². The van der Waals surface area contributed by atoms with Crippen LogP contribution in [0.5, 0.6) is 0 Å². The second-order valence-electron chi connectivity index (χ2n) is 6.14. The van der Waals surface area contributed by atoms with Crippen molar-refractivity contribution in [3.63, 3.8) is 0 Å². The predicted octanol–water partition coefficient (Wildman–Crippen LogP) is 4.13. The predicted molar refractivity (Wildman–Crippen MR) is 89.8 cm³/mol. The van der Waals surface area contributed by atoms with Crippen LogP contribution in [0.4, 0.5) is 19.0 Å². The van der Waals surface area contributed by atoms with E-state index in [0.717, 1.165) is 16.0 Å². The Hall–Kier alpha value is -2.03. The Morgan fingerprint density at radius 3 is 2.92 bits per heavy atom. The van der Waals surface area contributed by atoms with Crippen LogP contribution in [0.2, 0.25) is 0 Å². The molecule has 2 N–H and O–H groups in total. The molecule has 0 aliphatic carbocycles. The van der Waals surface area contributed by atoms with Crippen LogP contribution in [-0.2, 0) is 0 Å². The molecule has 0 aromatic carbocycles. The Morgan fingerprint density at radius 2 is 2.32 bits per heavy atom. The SMILES string of the molecule is CC[C@H](C)NC(=O)c1cnn2c1N[C@H](c1cccs1)C[C@H]2C(F)(F)F. The van der Waals surface area contributed by atoms with E-state index in [1.54, 1.807) is 12.1 Å². The number of carbonyl (C=O) groups excluding carboxylic acids is 1. The molecule has 0 saturated heterocycles. The summed E-state index contributed by atoms with van der Waals surface area (Å²) < 4.78 is 41.5. The van der Waals surface area contributed by atoms with Crippen molar-refractivity contribution in [2.24, 2.45) is 0 Å². The monoisotopic (exact) mass is 372 g/mol. The van der Waals surface area contributed by atoms with E-state index in [2.05, 4.69) is 15.7 Å². The summed E-state index contributed by atoms with van der Waals surface area (Å²) in [5.74, 6) is -0.302. The molecule has 5 nitrogen and oxygen atoms in total. The fraction of sp³-hybridized carbons (Fsp3) is 0.500. The zero-order chi connectivity index (χ0) is 18.2. The molecule has 2 aromatic rings. The number of thiophene rings is 1. The molecule has 0 radical (unpaired) electrons. The van der Waals surface area contributed by atoms with Gasteiger partial charge in [0.25, 0.3) is 5.91 Å². The summed E-state index contributed by atoms with van der Waals surface area (Å²) in [5.41, 5.74) is 0.135. The maximum absolute atomic E-state index is 13.5. The quantitative estimate of drug-likeness (QED) is 0.848. The maximum Gasteiger partial charge on any atom is 0.410 e. The Bertz CT molecular complexity index is 741. The molecule has 0 bridgehead atoms. The summed E-state index contributed by atoms with van der Waals surface area (Å²) in [5, 5.41) is 11.5. The van der Waals surface area contributed by atoms with E-state index < -0.39 is 24.2 Å². The number of amides is 1.